The molecule has 0 aromatic carbocycles. The van der Waals surface area contributed by atoms with Crippen LogP contribution in [-0.4, -0.2) is 119 Å². The van der Waals surface area contributed by atoms with Gasteiger partial charge in [-0.25, -0.2) is 0 Å². The highest BCUT2D eigenvalue weighted by atomic mass is 15.5. The molecule has 0 aromatic heterocycles. The van der Waals surface area contributed by atoms with E-state index in [9.17, 15) is 0 Å². The van der Waals surface area contributed by atoms with Crippen LogP contribution < -0.4 is 5.32 Å². The summed E-state index contributed by atoms with van der Waals surface area (Å²) in [4.78, 5) is 12.1. The number of hydrogen-bond acceptors (Lipinski definition) is 6. The van der Waals surface area contributed by atoms with Crippen LogP contribution in [-0.2, 0) is 0 Å². The molecule has 0 amide bonds. The van der Waals surface area contributed by atoms with Crippen molar-refractivity contribution in [2.75, 3.05) is 88.3 Å². The van der Waals surface area contributed by atoms with Crippen molar-refractivity contribution in [1.82, 2.24) is 29.8 Å². The van der Waals surface area contributed by atoms with E-state index in [-0.39, 0.29) is 0 Å². The monoisotopic (exact) mass is 342 g/mol. The van der Waals surface area contributed by atoms with E-state index >= 15 is 0 Å². The highest BCUT2D eigenvalue weighted by molar-refractivity contribution is 4.76. The van der Waals surface area contributed by atoms with E-state index in [0.717, 1.165) is 13.3 Å². The van der Waals surface area contributed by atoms with Gasteiger partial charge in [-0.1, -0.05) is 0 Å². The highest BCUT2D eigenvalue weighted by Gasteiger charge is 2.25. The van der Waals surface area contributed by atoms with Gasteiger partial charge in [-0.15, -0.1) is 0 Å². The molecule has 1 rings (SSSR count). The van der Waals surface area contributed by atoms with Gasteiger partial charge in [0.2, 0.25) is 0 Å². The van der Waals surface area contributed by atoms with Gasteiger partial charge in [0.15, 0.2) is 0 Å². The van der Waals surface area contributed by atoms with Crippen LogP contribution in [0.4, 0.5) is 0 Å². The van der Waals surface area contributed by atoms with Crippen LogP contribution in [0.5, 0.6) is 0 Å². The summed E-state index contributed by atoms with van der Waals surface area (Å²) in [5.74, 6) is 0. The van der Waals surface area contributed by atoms with E-state index in [0.29, 0.717) is 6.17 Å². The Morgan fingerprint density at radius 1 is 0.792 bits per heavy atom. The minimum atomic E-state index is 0.539. The summed E-state index contributed by atoms with van der Waals surface area (Å²) < 4.78 is 0. The summed E-state index contributed by atoms with van der Waals surface area (Å²) in [5, 5.41) is 3.78. The third kappa shape index (κ3) is 9.91. The molecule has 1 aliphatic rings. The Morgan fingerprint density at radius 3 is 1.92 bits per heavy atom. The molecule has 0 spiro atoms. The first-order valence-corrected chi connectivity index (χ1v) is 9.52. The van der Waals surface area contributed by atoms with Crippen molar-refractivity contribution in [2.24, 2.45) is 0 Å². The van der Waals surface area contributed by atoms with Crippen molar-refractivity contribution in [3.8, 4) is 0 Å². The molecule has 144 valence electrons. The summed E-state index contributed by atoms with van der Waals surface area (Å²) in [6.45, 7) is 8.02. The molecule has 1 N–H and O–H groups in total. The SMILES string of the molecule is CN(C)CCCC1NCN(CCCN(C)C)CN1CCCN(C)C. The Morgan fingerprint density at radius 2 is 1.33 bits per heavy atom. The van der Waals surface area contributed by atoms with Gasteiger partial charge in [-0.2, -0.15) is 0 Å². The first-order valence-electron chi connectivity index (χ1n) is 9.52. The minimum absolute atomic E-state index is 0.539. The molecule has 0 saturated carbocycles. The topological polar surface area (TPSA) is 28.2 Å². The van der Waals surface area contributed by atoms with Crippen molar-refractivity contribution in [3.05, 3.63) is 0 Å². The van der Waals surface area contributed by atoms with Crippen molar-refractivity contribution in [2.45, 2.75) is 31.8 Å². The van der Waals surface area contributed by atoms with Gasteiger partial charge >= 0.3 is 0 Å². The van der Waals surface area contributed by atoms with E-state index in [4.69, 9.17) is 0 Å². The largest absolute Gasteiger partial charge is 0.309 e. The second-order valence-electron chi connectivity index (χ2n) is 7.99. The molecule has 1 atom stereocenters. The summed E-state index contributed by atoms with van der Waals surface area (Å²) in [5.41, 5.74) is 0. The lowest BCUT2D eigenvalue weighted by Crippen LogP contribution is -2.60. The average molecular weight is 343 g/mol. The van der Waals surface area contributed by atoms with Crippen molar-refractivity contribution >= 4 is 0 Å². The second kappa shape index (κ2) is 12.2. The van der Waals surface area contributed by atoms with E-state index < -0.39 is 0 Å². The van der Waals surface area contributed by atoms with Crippen LogP contribution in [0.3, 0.4) is 0 Å². The van der Waals surface area contributed by atoms with Crippen LogP contribution in [0.25, 0.3) is 0 Å². The van der Waals surface area contributed by atoms with Gasteiger partial charge in [-0.3, -0.25) is 15.1 Å². The maximum Gasteiger partial charge on any atom is 0.0618 e. The Kier molecular flexibility index (Phi) is 11.1. The standard InChI is InChI=1S/C18H42N6/c1-20(2)11-7-10-18-19-16-23(14-8-12-21(3)4)17-24(18)15-9-13-22(5)6/h18-19H,7-17H2,1-6H3. The molecule has 1 fully saturated rings. The van der Waals surface area contributed by atoms with Crippen molar-refractivity contribution in [1.29, 1.82) is 0 Å². The van der Waals surface area contributed by atoms with Crippen LogP contribution in [0.1, 0.15) is 25.7 Å². The second-order valence-corrected chi connectivity index (χ2v) is 7.99. The van der Waals surface area contributed by atoms with Gasteiger partial charge in [0.05, 0.1) is 19.5 Å². The third-order valence-electron chi connectivity index (χ3n) is 4.59. The quantitative estimate of drug-likeness (QED) is 0.561. The molecule has 24 heavy (non-hydrogen) atoms. The third-order valence-corrected chi connectivity index (χ3v) is 4.59. The summed E-state index contributed by atoms with van der Waals surface area (Å²) in [6, 6.07) is 0. The van der Waals surface area contributed by atoms with E-state index in [1.165, 1.54) is 58.4 Å². The zero-order valence-electron chi connectivity index (χ0n) is 17.1. The summed E-state index contributed by atoms with van der Waals surface area (Å²) in [7, 11) is 13.0. The van der Waals surface area contributed by atoms with Gasteiger partial charge in [0.25, 0.3) is 0 Å². The number of hydrogen-bond donors (Lipinski definition) is 1. The first kappa shape index (κ1) is 21.8. The Hall–Kier alpha value is -0.240. The van der Waals surface area contributed by atoms with Crippen LogP contribution in [0, 0.1) is 0 Å². The molecular formula is C18H42N6. The van der Waals surface area contributed by atoms with Crippen molar-refractivity contribution in [3.63, 3.8) is 0 Å². The summed E-state index contributed by atoms with van der Waals surface area (Å²) in [6.07, 6.45) is 5.52. The Bertz CT molecular complexity index is 308. The maximum absolute atomic E-state index is 3.78. The van der Waals surface area contributed by atoms with Gasteiger partial charge < -0.3 is 14.7 Å². The van der Waals surface area contributed by atoms with E-state index in [1.807, 2.05) is 0 Å². The lowest BCUT2D eigenvalue weighted by molar-refractivity contribution is 0.00751. The number of nitrogens with one attached hydrogen (secondary N) is 1. The minimum Gasteiger partial charge on any atom is -0.309 e. The first-order chi connectivity index (χ1) is 11.4. The predicted octanol–water partition coefficient (Wildman–Crippen LogP) is 0.680. The highest BCUT2D eigenvalue weighted by Crippen LogP contribution is 2.12. The van der Waals surface area contributed by atoms with Crippen LogP contribution in [0.2, 0.25) is 0 Å². The lowest BCUT2D eigenvalue weighted by Gasteiger charge is -2.43. The van der Waals surface area contributed by atoms with Crippen molar-refractivity contribution < 1.29 is 0 Å². The zero-order chi connectivity index (χ0) is 17.9. The van der Waals surface area contributed by atoms with Crippen LogP contribution in [0.15, 0.2) is 0 Å². The average Bonchev–Trinajstić information content (AvgIpc) is 2.48. The fraction of sp³-hybridized carbons (Fsp3) is 1.00. The van der Waals surface area contributed by atoms with Gasteiger partial charge in [0.1, 0.15) is 0 Å². The lowest BCUT2D eigenvalue weighted by atomic mass is 10.2. The molecule has 6 heteroatoms. The molecule has 6 nitrogen and oxygen atoms in total. The molecule has 1 heterocycles. The zero-order valence-corrected chi connectivity index (χ0v) is 17.1. The van der Waals surface area contributed by atoms with E-state index in [2.05, 4.69) is 72.1 Å². The number of nitrogens with zero attached hydrogens (tertiary/aromatic N) is 5. The van der Waals surface area contributed by atoms with Gasteiger partial charge in [-0.05, 0) is 87.6 Å². The molecule has 1 saturated heterocycles. The van der Waals surface area contributed by atoms with Gasteiger partial charge in [0, 0.05) is 13.1 Å². The maximum atomic E-state index is 3.78. The molecule has 0 radical (unpaired) electrons. The molecule has 0 bridgehead atoms. The van der Waals surface area contributed by atoms with E-state index in [1.54, 1.807) is 0 Å². The fourth-order valence-corrected chi connectivity index (χ4v) is 3.23. The molecular weight excluding hydrogens is 300 g/mol. The molecule has 1 aliphatic heterocycles. The molecule has 0 aliphatic carbocycles. The molecule has 1 unspecified atom stereocenters. The normalized spacial score (nSPS) is 20.6. The summed E-state index contributed by atoms with van der Waals surface area (Å²) >= 11 is 0. The predicted molar refractivity (Wildman–Crippen MR) is 104 cm³/mol. The Labute approximate surface area is 150 Å². The smallest absolute Gasteiger partial charge is 0.0618 e. The fourth-order valence-electron chi connectivity index (χ4n) is 3.23. The Balaban J connectivity index is 2.42. The number of rotatable bonds is 12. The molecule has 0 aromatic rings. The van der Waals surface area contributed by atoms with Crippen LogP contribution >= 0.6 is 0 Å².